The van der Waals surface area contributed by atoms with Crippen LogP contribution in [0.3, 0.4) is 0 Å². The third kappa shape index (κ3) is 4.55. The lowest BCUT2D eigenvalue weighted by atomic mass is 10.1. The van der Waals surface area contributed by atoms with Crippen molar-refractivity contribution in [1.82, 2.24) is 10.2 Å². The second-order valence-corrected chi connectivity index (χ2v) is 6.97. The van der Waals surface area contributed by atoms with E-state index in [-0.39, 0.29) is 0 Å². The largest absolute Gasteiger partial charge is 0.312 e. The topological polar surface area (TPSA) is 15.3 Å². The Balaban J connectivity index is 1.42. The Bertz CT molecular complexity index is 413. The van der Waals surface area contributed by atoms with Gasteiger partial charge in [-0.15, -0.1) is 0 Å². The first-order valence-corrected chi connectivity index (χ1v) is 8.84. The summed E-state index contributed by atoms with van der Waals surface area (Å²) in [4.78, 5) is 2.74. The molecule has 1 saturated heterocycles. The highest BCUT2D eigenvalue weighted by Gasteiger charge is 2.34. The van der Waals surface area contributed by atoms with Crippen LogP contribution in [0.1, 0.15) is 44.6 Å². The van der Waals surface area contributed by atoms with Crippen molar-refractivity contribution in [2.24, 2.45) is 5.92 Å². The van der Waals surface area contributed by atoms with Crippen LogP contribution in [0, 0.1) is 5.92 Å². The summed E-state index contributed by atoms with van der Waals surface area (Å²) >= 11 is 0. The molecule has 0 amide bonds. The fraction of sp³-hybridized carbons (Fsp3) is 0.684. The molecular weight excluding hydrogens is 256 g/mol. The van der Waals surface area contributed by atoms with Crippen LogP contribution in [-0.2, 0) is 6.42 Å². The number of aryl methyl sites for hydroxylation is 1. The van der Waals surface area contributed by atoms with Crippen LogP contribution in [0.4, 0.5) is 0 Å². The lowest BCUT2D eigenvalue weighted by Gasteiger charge is -2.29. The van der Waals surface area contributed by atoms with Gasteiger partial charge in [-0.3, -0.25) is 4.90 Å². The zero-order valence-electron chi connectivity index (χ0n) is 13.4. The summed E-state index contributed by atoms with van der Waals surface area (Å²) < 4.78 is 0. The van der Waals surface area contributed by atoms with Gasteiger partial charge in [0.05, 0.1) is 0 Å². The molecule has 0 aromatic heterocycles. The highest BCUT2D eigenvalue weighted by molar-refractivity contribution is 5.14. The number of hydrogen-bond acceptors (Lipinski definition) is 2. The number of nitrogens with one attached hydrogen (secondary N) is 1. The maximum Gasteiger partial charge on any atom is 0.0223 e. The average molecular weight is 286 g/mol. The van der Waals surface area contributed by atoms with Gasteiger partial charge in [-0.1, -0.05) is 30.3 Å². The van der Waals surface area contributed by atoms with E-state index in [1.165, 1.54) is 63.7 Å². The van der Waals surface area contributed by atoms with Gasteiger partial charge in [-0.25, -0.2) is 0 Å². The fourth-order valence-corrected chi connectivity index (χ4v) is 3.57. The van der Waals surface area contributed by atoms with Gasteiger partial charge in [-0.2, -0.15) is 0 Å². The van der Waals surface area contributed by atoms with E-state index < -0.39 is 0 Å². The summed E-state index contributed by atoms with van der Waals surface area (Å²) in [6.07, 6.45) is 8.09. The summed E-state index contributed by atoms with van der Waals surface area (Å²) in [7, 11) is 0. The van der Waals surface area contributed by atoms with Gasteiger partial charge in [0.15, 0.2) is 0 Å². The number of unbranched alkanes of at least 4 members (excludes halogenated alkanes) is 1. The van der Waals surface area contributed by atoms with E-state index >= 15 is 0 Å². The number of rotatable bonds is 6. The Morgan fingerprint density at radius 2 is 1.90 bits per heavy atom. The van der Waals surface area contributed by atoms with E-state index in [1.54, 1.807) is 0 Å². The van der Waals surface area contributed by atoms with Crippen molar-refractivity contribution < 1.29 is 0 Å². The van der Waals surface area contributed by atoms with E-state index in [1.807, 2.05) is 0 Å². The van der Waals surface area contributed by atoms with Crippen molar-refractivity contribution in [3.63, 3.8) is 0 Å². The molecule has 0 radical (unpaired) electrons. The molecule has 2 fully saturated rings. The van der Waals surface area contributed by atoms with E-state index in [2.05, 4.69) is 47.5 Å². The summed E-state index contributed by atoms with van der Waals surface area (Å²) in [6, 6.07) is 12.4. The van der Waals surface area contributed by atoms with Crippen LogP contribution >= 0.6 is 0 Å². The van der Waals surface area contributed by atoms with Crippen LogP contribution in [0.5, 0.6) is 0 Å². The first-order valence-electron chi connectivity index (χ1n) is 8.84. The predicted octanol–water partition coefficient (Wildman–Crippen LogP) is 3.47. The molecule has 21 heavy (non-hydrogen) atoms. The van der Waals surface area contributed by atoms with E-state index in [4.69, 9.17) is 0 Å². The van der Waals surface area contributed by atoms with Crippen LogP contribution in [0.2, 0.25) is 0 Å². The monoisotopic (exact) mass is 286 g/mol. The van der Waals surface area contributed by atoms with Crippen LogP contribution in [0.15, 0.2) is 30.3 Å². The Hall–Kier alpha value is -0.860. The summed E-state index contributed by atoms with van der Waals surface area (Å²) in [5.74, 6) is 0.974. The quantitative estimate of drug-likeness (QED) is 0.806. The van der Waals surface area contributed by atoms with Crippen molar-refractivity contribution in [2.75, 3.05) is 19.6 Å². The molecule has 2 unspecified atom stereocenters. The maximum absolute atomic E-state index is 3.78. The standard InChI is InChI=1S/C19H30N2/c1-16-12-13-20-19(18-10-11-18)15-21(16)14-6-5-9-17-7-3-2-4-8-17/h2-4,7-8,16,18-20H,5-6,9-15H2,1H3. The molecule has 2 heteroatoms. The Kier molecular flexibility index (Phi) is 5.32. The highest BCUT2D eigenvalue weighted by Crippen LogP contribution is 2.34. The smallest absolute Gasteiger partial charge is 0.0223 e. The van der Waals surface area contributed by atoms with Gasteiger partial charge < -0.3 is 5.32 Å². The van der Waals surface area contributed by atoms with Crippen molar-refractivity contribution >= 4 is 0 Å². The molecule has 1 aliphatic carbocycles. The molecule has 0 spiro atoms. The first-order chi connectivity index (χ1) is 10.3. The van der Waals surface area contributed by atoms with Crippen LogP contribution in [0.25, 0.3) is 0 Å². The van der Waals surface area contributed by atoms with Gasteiger partial charge in [-0.05, 0) is 70.0 Å². The zero-order chi connectivity index (χ0) is 14.5. The molecule has 3 rings (SSSR count). The number of benzene rings is 1. The number of nitrogens with zero attached hydrogens (tertiary/aromatic N) is 1. The van der Waals surface area contributed by atoms with Crippen LogP contribution in [-0.4, -0.2) is 36.6 Å². The first kappa shape index (κ1) is 15.1. The molecule has 116 valence electrons. The third-order valence-electron chi connectivity index (χ3n) is 5.22. The average Bonchev–Trinajstić information content (AvgIpc) is 3.34. The van der Waals surface area contributed by atoms with E-state index in [0.29, 0.717) is 0 Å². The molecule has 1 aliphatic heterocycles. The molecule has 0 bridgehead atoms. The second kappa shape index (κ2) is 7.42. The minimum absolute atomic E-state index is 0.748. The summed E-state index contributed by atoms with van der Waals surface area (Å²) in [5, 5.41) is 3.78. The predicted molar refractivity (Wildman–Crippen MR) is 89.5 cm³/mol. The molecule has 1 aromatic rings. The van der Waals surface area contributed by atoms with Crippen molar-refractivity contribution in [2.45, 2.75) is 57.5 Å². The minimum Gasteiger partial charge on any atom is -0.312 e. The van der Waals surface area contributed by atoms with Crippen molar-refractivity contribution in [3.05, 3.63) is 35.9 Å². The summed E-state index contributed by atoms with van der Waals surface area (Å²) in [5.41, 5.74) is 1.49. The van der Waals surface area contributed by atoms with E-state index in [9.17, 15) is 0 Å². The van der Waals surface area contributed by atoms with Gasteiger partial charge in [0, 0.05) is 18.6 Å². The lowest BCUT2D eigenvalue weighted by Crippen LogP contribution is -2.41. The molecule has 1 heterocycles. The Labute approximate surface area is 129 Å². The van der Waals surface area contributed by atoms with Gasteiger partial charge in [0.1, 0.15) is 0 Å². The fourth-order valence-electron chi connectivity index (χ4n) is 3.57. The highest BCUT2D eigenvalue weighted by atomic mass is 15.2. The lowest BCUT2D eigenvalue weighted by molar-refractivity contribution is 0.195. The molecular formula is C19H30N2. The Morgan fingerprint density at radius 3 is 2.67 bits per heavy atom. The normalized spacial score (nSPS) is 27.5. The maximum atomic E-state index is 3.78. The molecule has 2 atom stereocenters. The van der Waals surface area contributed by atoms with E-state index in [0.717, 1.165) is 18.0 Å². The molecule has 2 aliphatic rings. The molecule has 1 aromatic carbocycles. The minimum atomic E-state index is 0.748. The number of hydrogen-bond donors (Lipinski definition) is 1. The van der Waals surface area contributed by atoms with Gasteiger partial charge >= 0.3 is 0 Å². The SMILES string of the molecule is CC1CCNC(C2CC2)CN1CCCCc1ccccc1. The van der Waals surface area contributed by atoms with Crippen molar-refractivity contribution in [1.29, 1.82) is 0 Å². The van der Waals surface area contributed by atoms with Crippen LogP contribution < -0.4 is 5.32 Å². The van der Waals surface area contributed by atoms with Gasteiger partial charge in [0.2, 0.25) is 0 Å². The zero-order valence-corrected chi connectivity index (χ0v) is 13.4. The van der Waals surface area contributed by atoms with Crippen molar-refractivity contribution in [3.8, 4) is 0 Å². The molecule has 1 saturated carbocycles. The second-order valence-electron chi connectivity index (χ2n) is 6.97. The molecule has 2 nitrogen and oxygen atoms in total. The third-order valence-corrected chi connectivity index (χ3v) is 5.22. The summed E-state index contributed by atoms with van der Waals surface area (Å²) in [6.45, 7) is 6.17. The Morgan fingerprint density at radius 1 is 1.10 bits per heavy atom. The molecule has 1 N–H and O–H groups in total. The van der Waals surface area contributed by atoms with Gasteiger partial charge in [0.25, 0.3) is 0 Å².